The van der Waals surface area contributed by atoms with Crippen LogP contribution < -0.4 is 17.5 Å². The minimum absolute atomic E-state index is 0.0628. The summed E-state index contributed by atoms with van der Waals surface area (Å²) in [5, 5.41) is 16.8. The molecule has 0 unspecified atom stereocenters. The van der Waals surface area contributed by atoms with Gasteiger partial charge in [0, 0.05) is 12.8 Å². The van der Waals surface area contributed by atoms with Crippen LogP contribution in [0.3, 0.4) is 0 Å². The van der Waals surface area contributed by atoms with Crippen molar-refractivity contribution in [3.63, 3.8) is 0 Å². The smallest absolute Gasteiger partial charge is 0.303 e. The number of hydrogen-bond acceptors (Lipinski definition) is 6. The van der Waals surface area contributed by atoms with Gasteiger partial charge in [0.05, 0.1) is 0 Å². The van der Waals surface area contributed by atoms with Gasteiger partial charge in [0.1, 0.15) is 0 Å². The van der Waals surface area contributed by atoms with Crippen LogP contribution in [0.25, 0.3) is 0 Å². The second-order valence-electron chi connectivity index (χ2n) is 2.44. The maximum Gasteiger partial charge on any atom is 0.303 e. The van der Waals surface area contributed by atoms with E-state index >= 15 is 0 Å². The number of rotatable bonds is 5. The molecule has 0 atom stereocenters. The molecule has 8 heteroatoms. The van der Waals surface area contributed by atoms with Crippen molar-refractivity contribution in [3.05, 3.63) is 0 Å². The Morgan fingerprint density at radius 2 is 1.14 bits per heavy atom. The third-order valence-corrected chi connectivity index (χ3v) is 1.03. The van der Waals surface area contributed by atoms with Crippen LogP contribution in [0, 0.1) is 0 Å². The number of hydrogen-bond donors (Lipinski definition) is 5. The van der Waals surface area contributed by atoms with Gasteiger partial charge in [-0.2, -0.15) is 0 Å². The van der Waals surface area contributed by atoms with Gasteiger partial charge in [-0.25, -0.2) is 17.5 Å². The first-order chi connectivity index (χ1) is 6.36. The molecule has 8 N–H and O–H groups in total. The Hall–Kier alpha value is -1.22. The minimum atomic E-state index is -0.870. The van der Waals surface area contributed by atoms with Crippen molar-refractivity contribution in [1.29, 1.82) is 0 Å². The Balaban J connectivity index is 0. The molecule has 0 aliphatic carbocycles. The molecule has 84 valence electrons. The highest BCUT2D eigenvalue weighted by atomic mass is 16.4. The first kappa shape index (κ1) is 15.3. The molecule has 0 aromatic heterocycles. The van der Waals surface area contributed by atoms with Crippen molar-refractivity contribution >= 4 is 11.9 Å². The lowest BCUT2D eigenvalue weighted by Gasteiger charge is -1.92. The predicted molar refractivity (Wildman–Crippen MR) is 48.1 cm³/mol. The fraction of sp³-hybridized carbons (Fsp3) is 0.667. The molecule has 0 saturated carbocycles. The van der Waals surface area contributed by atoms with Gasteiger partial charge >= 0.3 is 11.9 Å². The average molecular weight is 208 g/mol. The van der Waals surface area contributed by atoms with Gasteiger partial charge in [0.15, 0.2) is 0 Å². The van der Waals surface area contributed by atoms with Crippen LogP contribution in [-0.4, -0.2) is 27.4 Å². The van der Waals surface area contributed by atoms with Gasteiger partial charge in [0.25, 0.3) is 0 Å². The van der Waals surface area contributed by atoms with Crippen molar-refractivity contribution in [2.75, 3.05) is 0 Å². The third kappa shape index (κ3) is 30.9. The monoisotopic (exact) mass is 208 g/mol. The van der Waals surface area contributed by atoms with Crippen LogP contribution in [0.4, 0.5) is 0 Å². The van der Waals surface area contributed by atoms with E-state index in [1.165, 1.54) is 0 Å². The maximum atomic E-state index is 9.90. The lowest BCUT2D eigenvalue weighted by atomic mass is 10.2. The number of carbonyl (C=O) groups is 2. The Bertz CT molecular complexity index is 154. The predicted octanol–water partition coefficient (Wildman–Crippen LogP) is -1.37. The van der Waals surface area contributed by atoms with E-state index in [0.717, 1.165) is 0 Å². The summed E-state index contributed by atoms with van der Waals surface area (Å²) >= 11 is 0. The highest BCUT2D eigenvalue weighted by Gasteiger charge is 1.99. The quantitative estimate of drug-likeness (QED) is 0.210. The van der Waals surface area contributed by atoms with Crippen LogP contribution >= 0.6 is 0 Å². The van der Waals surface area contributed by atoms with E-state index in [9.17, 15) is 9.59 Å². The molecule has 0 aromatic carbocycles. The lowest BCUT2D eigenvalue weighted by Crippen LogP contribution is -2.43. The summed E-state index contributed by atoms with van der Waals surface area (Å²) in [6.45, 7) is 0. The normalized spacial score (nSPS) is 9.14. The zero-order valence-corrected chi connectivity index (χ0v) is 7.72. The molecule has 14 heavy (non-hydrogen) atoms. The van der Waals surface area contributed by atoms with Crippen molar-refractivity contribution in [2.24, 2.45) is 17.5 Å². The summed E-state index contributed by atoms with van der Waals surface area (Å²) in [4.78, 5) is 19.8. The minimum Gasteiger partial charge on any atom is -0.481 e. The molecule has 0 amide bonds. The number of nitrogens with two attached hydrogens (primary N) is 3. The molecule has 0 bridgehead atoms. The Kier molecular flexibility index (Phi) is 10.8. The SMILES string of the molecule is NN(N)N.O=C(O)CCCCC(=O)O. The highest BCUT2D eigenvalue weighted by molar-refractivity contribution is 5.67. The van der Waals surface area contributed by atoms with Gasteiger partial charge in [-0.05, 0) is 12.8 Å². The van der Waals surface area contributed by atoms with Crippen LogP contribution in [0.2, 0.25) is 0 Å². The number of nitrogens with zero attached hydrogens (tertiary/aromatic N) is 1. The Morgan fingerprint density at radius 1 is 0.929 bits per heavy atom. The number of hydrazine groups is 3. The topological polar surface area (TPSA) is 156 Å². The maximum absolute atomic E-state index is 9.90. The summed E-state index contributed by atoms with van der Waals surface area (Å²) in [5.41, 5.74) is 0. The second-order valence-corrected chi connectivity index (χ2v) is 2.44. The van der Waals surface area contributed by atoms with E-state index in [1.807, 2.05) is 0 Å². The van der Waals surface area contributed by atoms with Crippen LogP contribution in [0.1, 0.15) is 25.7 Å². The molecule has 0 heterocycles. The molecule has 0 fully saturated rings. The van der Waals surface area contributed by atoms with Gasteiger partial charge < -0.3 is 10.2 Å². The van der Waals surface area contributed by atoms with E-state index in [-0.39, 0.29) is 12.8 Å². The zero-order valence-electron chi connectivity index (χ0n) is 7.72. The van der Waals surface area contributed by atoms with E-state index in [0.29, 0.717) is 18.1 Å². The molecule has 0 aromatic rings. The third-order valence-electron chi connectivity index (χ3n) is 1.03. The van der Waals surface area contributed by atoms with Crippen LogP contribution in [0.5, 0.6) is 0 Å². The Morgan fingerprint density at radius 3 is 1.29 bits per heavy atom. The number of aliphatic carboxylic acids is 2. The molecule has 8 nitrogen and oxygen atoms in total. The molecular weight excluding hydrogens is 192 g/mol. The summed E-state index contributed by atoms with van der Waals surface area (Å²) in [7, 11) is 0. The van der Waals surface area contributed by atoms with Crippen molar-refractivity contribution in [1.82, 2.24) is 5.23 Å². The van der Waals surface area contributed by atoms with Gasteiger partial charge in [0.2, 0.25) is 0 Å². The summed E-state index contributed by atoms with van der Waals surface area (Å²) in [6.07, 6.45) is 1.02. The number of carboxylic acid groups (broad SMARTS) is 2. The van der Waals surface area contributed by atoms with E-state index < -0.39 is 11.9 Å². The molecule has 0 radical (unpaired) electrons. The molecule has 0 aliphatic heterocycles. The molecule has 0 spiro atoms. The van der Waals surface area contributed by atoms with Gasteiger partial charge in [-0.15, -0.1) is 5.23 Å². The zero-order chi connectivity index (χ0) is 11.6. The molecular formula is C6H16N4O4. The molecule has 0 rings (SSSR count). The van der Waals surface area contributed by atoms with E-state index in [2.05, 4.69) is 17.5 Å². The lowest BCUT2D eigenvalue weighted by molar-refractivity contribution is -0.139. The first-order valence-electron chi connectivity index (χ1n) is 3.84. The fourth-order valence-corrected chi connectivity index (χ4v) is 0.552. The summed E-state index contributed by atoms with van der Waals surface area (Å²) in [5.74, 6) is 11.8. The second kappa shape index (κ2) is 9.86. The van der Waals surface area contributed by atoms with Gasteiger partial charge in [-0.3, -0.25) is 9.59 Å². The van der Waals surface area contributed by atoms with E-state index in [1.54, 1.807) is 0 Å². The standard InChI is InChI=1S/C6H10O4.H6N4/c7-5(8)3-1-2-4-6(9)10;1-4(2)3/h1-4H2,(H,7,8)(H,9,10);1-3H2. The Labute approximate surface area is 81.2 Å². The first-order valence-corrected chi connectivity index (χ1v) is 3.84. The van der Waals surface area contributed by atoms with Crippen molar-refractivity contribution in [3.8, 4) is 0 Å². The van der Waals surface area contributed by atoms with Gasteiger partial charge in [-0.1, -0.05) is 0 Å². The van der Waals surface area contributed by atoms with Crippen LogP contribution in [0.15, 0.2) is 0 Å². The summed E-state index contributed by atoms with van der Waals surface area (Å²) < 4.78 is 0. The number of unbranched alkanes of at least 4 members (excludes halogenated alkanes) is 1. The van der Waals surface area contributed by atoms with Crippen molar-refractivity contribution < 1.29 is 19.8 Å². The van der Waals surface area contributed by atoms with E-state index in [4.69, 9.17) is 10.2 Å². The highest BCUT2D eigenvalue weighted by Crippen LogP contribution is 1.98. The fourth-order valence-electron chi connectivity index (χ4n) is 0.552. The van der Waals surface area contributed by atoms with Crippen LogP contribution in [-0.2, 0) is 9.59 Å². The van der Waals surface area contributed by atoms with Crippen molar-refractivity contribution in [2.45, 2.75) is 25.7 Å². The number of carboxylic acids is 2. The largest absolute Gasteiger partial charge is 0.481 e. The molecule has 0 aliphatic rings. The average Bonchev–Trinajstić information content (AvgIpc) is 1.96. The summed E-state index contributed by atoms with van der Waals surface area (Å²) in [6, 6.07) is 0. The molecule has 0 saturated heterocycles.